The molecule has 2 unspecified atom stereocenters. The summed E-state index contributed by atoms with van der Waals surface area (Å²) >= 11 is 5.55. The van der Waals surface area contributed by atoms with Crippen molar-refractivity contribution in [1.82, 2.24) is 15.5 Å². The van der Waals surface area contributed by atoms with Crippen LogP contribution in [0, 0.1) is 6.92 Å². The number of amides is 1. The molecule has 4 N–H and O–H groups in total. The average Bonchev–Trinajstić information content (AvgIpc) is 3.22. The van der Waals surface area contributed by atoms with Gasteiger partial charge in [0.05, 0.1) is 26.3 Å². The largest absolute Gasteiger partial charge is 0.507 e. The molecule has 1 amide bonds. The van der Waals surface area contributed by atoms with Crippen LogP contribution in [0.3, 0.4) is 0 Å². The van der Waals surface area contributed by atoms with Crippen LogP contribution in [0.5, 0.6) is 11.5 Å². The van der Waals surface area contributed by atoms with Crippen molar-refractivity contribution in [2.24, 2.45) is 5.73 Å². The smallest absolute Gasteiger partial charge is 0.338 e. The van der Waals surface area contributed by atoms with Gasteiger partial charge in [0.2, 0.25) is 11.8 Å². The minimum absolute atomic E-state index is 0.0140. The Morgan fingerprint density at radius 1 is 1.43 bits per heavy atom. The summed E-state index contributed by atoms with van der Waals surface area (Å²) in [5.41, 5.74) is 6.24. The van der Waals surface area contributed by atoms with Crippen molar-refractivity contribution in [3.63, 3.8) is 0 Å². The van der Waals surface area contributed by atoms with Crippen molar-refractivity contribution in [3.05, 3.63) is 34.5 Å². The molecule has 30 heavy (non-hydrogen) atoms. The van der Waals surface area contributed by atoms with Gasteiger partial charge in [-0.2, -0.15) is 17.6 Å². The van der Waals surface area contributed by atoms with E-state index in [1.807, 2.05) is 6.92 Å². The molecule has 0 spiro atoms. The molecule has 12 heteroatoms. The summed E-state index contributed by atoms with van der Waals surface area (Å²) in [5, 5.41) is 15.2. The highest BCUT2D eigenvalue weighted by Crippen LogP contribution is 2.41. The van der Waals surface area contributed by atoms with Gasteiger partial charge in [0.15, 0.2) is 11.1 Å². The van der Waals surface area contributed by atoms with Gasteiger partial charge in [-0.15, -0.1) is 11.8 Å². The normalized spacial score (nSPS) is 12.9. The third-order valence-corrected chi connectivity index (χ3v) is 5.66. The molecular weight excluding hydrogens is 432 g/mol. The van der Waals surface area contributed by atoms with E-state index < -0.39 is 22.5 Å². The Kier molecular flexibility index (Phi) is 8.38. The lowest BCUT2D eigenvalue weighted by atomic mass is 9.99. The number of hydrogen-bond donors (Lipinski definition) is 4. The van der Waals surface area contributed by atoms with Gasteiger partial charge < -0.3 is 30.2 Å². The Morgan fingerprint density at radius 3 is 2.67 bits per heavy atom. The number of aromatic nitrogens is 2. The average molecular weight is 457 g/mol. The van der Waals surface area contributed by atoms with Gasteiger partial charge in [-0.25, -0.2) is 4.79 Å². The highest BCUT2D eigenvalue weighted by Gasteiger charge is 2.31. The maximum atomic E-state index is 12.8. The minimum atomic E-state index is -1.07. The Bertz CT molecular complexity index is 920. The monoisotopic (exact) mass is 456 g/mol. The molecule has 2 atom stereocenters. The van der Waals surface area contributed by atoms with Crippen LogP contribution >= 0.6 is 24.4 Å². The van der Waals surface area contributed by atoms with E-state index in [0.717, 1.165) is 0 Å². The second-order valence-corrected chi connectivity index (χ2v) is 7.90. The maximum absolute atomic E-state index is 12.8. The summed E-state index contributed by atoms with van der Waals surface area (Å²) in [6.45, 7) is 3.60. The minimum Gasteiger partial charge on any atom is -0.507 e. The summed E-state index contributed by atoms with van der Waals surface area (Å²) in [4.78, 5) is 29.3. The zero-order valence-corrected chi connectivity index (χ0v) is 18.7. The number of ether oxygens (including phenoxy) is 2. The number of methoxy groups -OCH3 is 2. The highest BCUT2D eigenvalue weighted by atomic mass is 32.2. The number of nitrogens with one attached hydrogen (secondary N) is 1. The van der Waals surface area contributed by atoms with Gasteiger partial charge in [0.25, 0.3) is 0 Å². The van der Waals surface area contributed by atoms with Gasteiger partial charge in [0.1, 0.15) is 16.9 Å². The molecule has 2 rings (SSSR count). The van der Waals surface area contributed by atoms with Crippen LogP contribution in [0.2, 0.25) is 0 Å². The van der Waals surface area contributed by atoms with Crippen LogP contribution < -0.4 is 15.8 Å². The third-order valence-electron chi connectivity index (χ3n) is 4.18. The fourth-order valence-electron chi connectivity index (χ4n) is 2.75. The van der Waals surface area contributed by atoms with E-state index in [1.54, 1.807) is 6.92 Å². The van der Waals surface area contributed by atoms with Crippen LogP contribution in [0.15, 0.2) is 10.6 Å². The first kappa shape index (κ1) is 23.8. The zero-order valence-electron chi connectivity index (χ0n) is 17.0. The number of carbonyl (C=O) groups excluding carboxylic acids is 2. The molecule has 164 valence electrons. The molecule has 1 aromatic heterocycles. The predicted molar refractivity (Wildman–Crippen MR) is 114 cm³/mol. The zero-order chi connectivity index (χ0) is 22.4. The van der Waals surface area contributed by atoms with Gasteiger partial charge in [0, 0.05) is 17.2 Å². The summed E-state index contributed by atoms with van der Waals surface area (Å²) in [5.74, 6) is -0.323. The first-order chi connectivity index (χ1) is 14.3. The number of benzene rings is 1. The van der Waals surface area contributed by atoms with E-state index in [4.69, 9.17) is 19.7 Å². The van der Waals surface area contributed by atoms with Crippen LogP contribution in [0.4, 0.5) is 0 Å². The molecule has 0 aliphatic rings. The van der Waals surface area contributed by atoms with E-state index in [0.29, 0.717) is 17.1 Å². The second kappa shape index (κ2) is 10.5. The number of rotatable bonds is 9. The van der Waals surface area contributed by atoms with Crippen molar-refractivity contribution in [2.45, 2.75) is 31.0 Å². The number of phenols is 1. The molecule has 0 saturated heterocycles. The molecule has 10 nitrogen and oxygen atoms in total. The number of nitrogens with zero attached hydrogens (tertiary/aromatic N) is 2. The molecule has 2 aromatic rings. The van der Waals surface area contributed by atoms with Crippen LogP contribution in [-0.4, -0.2) is 47.1 Å². The number of phenolic OH excluding ortho intramolecular Hbond substituents is 1. The first-order valence-corrected chi connectivity index (χ1v) is 10.5. The fourth-order valence-corrected chi connectivity index (χ4v) is 3.87. The lowest BCUT2D eigenvalue weighted by Gasteiger charge is -2.24. The van der Waals surface area contributed by atoms with E-state index in [1.165, 1.54) is 32.0 Å². The van der Waals surface area contributed by atoms with Crippen molar-refractivity contribution in [3.8, 4) is 11.5 Å². The van der Waals surface area contributed by atoms with Crippen LogP contribution in [-0.2, 0) is 16.1 Å². The van der Waals surface area contributed by atoms with Crippen molar-refractivity contribution in [1.29, 1.82) is 0 Å². The van der Waals surface area contributed by atoms with Crippen LogP contribution in [0.25, 0.3) is 0 Å². The Balaban J connectivity index is 2.45. The van der Waals surface area contributed by atoms with E-state index in [-0.39, 0.29) is 35.1 Å². The SMILES string of the molecule is CCSC(NC(=O)C(S)c1nc(CN)no1)c1c(O)cc(OC)c(C)c1C(=O)OC. The number of esters is 1. The number of aromatic hydroxyl groups is 1. The molecule has 0 aliphatic heterocycles. The van der Waals surface area contributed by atoms with Crippen LogP contribution in [0.1, 0.15) is 50.7 Å². The fraction of sp³-hybridized carbons (Fsp3) is 0.444. The second-order valence-electron chi connectivity index (χ2n) is 6.00. The van der Waals surface area contributed by atoms with Crippen molar-refractivity contribution >= 4 is 36.3 Å². The Morgan fingerprint density at radius 2 is 2.13 bits per heavy atom. The Hall–Kier alpha value is -2.44. The van der Waals surface area contributed by atoms with Gasteiger partial charge >= 0.3 is 5.97 Å². The number of nitrogens with two attached hydrogens (primary N) is 1. The topological polar surface area (TPSA) is 150 Å². The molecule has 0 saturated carbocycles. The highest BCUT2D eigenvalue weighted by molar-refractivity contribution is 7.99. The molecular formula is C18H24N4O6S2. The molecule has 0 bridgehead atoms. The lowest BCUT2D eigenvalue weighted by Crippen LogP contribution is -2.31. The number of thiol groups is 1. The summed E-state index contributed by atoms with van der Waals surface area (Å²) < 4.78 is 15.1. The van der Waals surface area contributed by atoms with E-state index in [2.05, 4.69) is 28.1 Å². The van der Waals surface area contributed by atoms with E-state index >= 15 is 0 Å². The number of hydrogen-bond acceptors (Lipinski definition) is 11. The first-order valence-electron chi connectivity index (χ1n) is 8.90. The summed E-state index contributed by atoms with van der Waals surface area (Å²) in [6, 6.07) is 1.39. The van der Waals surface area contributed by atoms with Gasteiger partial charge in [-0.1, -0.05) is 12.1 Å². The molecule has 0 radical (unpaired) electrons. The molecule has 0 fully saturated rings. The predicted octanol–water partition coefficient (Wildman–Crippen LogP) is 1.88. The van der Waals surface area contributed by atoms with E-state index in [9.17, 15) is 14.7 Å². The van der Waals surface area contributed by atoms with Crippen molar-refractivity contribution < 1.29 is 28.7 Å². The third kappa shape index (κ3) is 4.99. The van der Waals surface area contributed by atoms with Gasteiger partial charge in [-0.3, -0.25) is 4.79 Å². The maximum Gasteiger partial charge on any atom is 0.338 e. The number of thioether (sulfide) groups is 1. The molecule has 1 heterocycles. The van der Waals surface area contributed by atoms with Crippen molar-refractivity contribution in [2.75, 3.05) is 20.0 Å². The Labute approximate surface area is 183 Å². The van der Waals surface area contributed by atoms with Gasteiger partial charge in [-0.05, 0) is 12.7 Å². The quantitative estimate of drug-likeness (QED) is 0.250. The number of carbonyl (C=O) groups is 2. The molecule has 1 aromatic carbocycles. The lowest BCUT2D eigenvalue weighted by molar-refractivity contribution is -0.121. The molecule has 0 aliphatic carbocycles. The summed E-state index contributed by atoms with van der Waals surface area (Å²) in [6.07, 6.45) is 0. The summed E-state index contributed by atoms with van der Waals surface area (Å²) in [7, 11) is 2.66. The standard InChI is InChI=1S/C18H24N4O6S2/c1-5-30-17(21-15(24)14(29)16-20-11(7-19)22-28-16)13-9(23)6-10(26-3)8(2)12(13)18(25)27-4/h6,14,17,23,29H,5,7,19H2,1-4H3,(H,21,24).